The molecule has 1 amide bonds. The fourth-order valence-corrected chi connectivity index (χ4v) is 2.77. The second-order valence-electron chi connectivity index (χ2n) is 5.51. The molecular formula is C16H19N3O2. The number of aliphatic hydroxyl groups excluding tert-OH is 1. The zero-order valence-corrected chi connectivity index (χ0v) is 11.8. The van der Waals surface area contributed by atoms with Crippen LogP contribution in [0.5, 0.6) is 0 Å². The molecule has 0 aliphatic heterocycles. The van der Waals surface area contributed by atoms with Crippen molar-refractivity contribution in [3.8, 4) is 0 Å². The molecule has 1 aliphatic carbocycles. The van der Waals surface area contributed by atoms with Crippen molar-refractivity contribution in [1.82, 2.24) is 9.78 Å². The number of anilines is 1. The van der Waals surface area contributed by atoms with Gasteiger partial charge < -0.3 is 10.4 Å². The van der Waals surface area contributed by atoms with Crippen LogP contribution in [0.25, 0.3) is 0 Å². The lowest BCUT2D eigenvalue weighted by Gasteiger charge is -2.13. The molecule has 0 radical (unpaired) electrons. The smallest absolute Gasteiger partial charge is 0.230 e. The van der Waals surface area contributed by atoms with Gasteiger partial charge in [0, 0.05) is 6.20 Å². The Morgan fingerprint density at radius 3 is 2.86 bits per heavy atom. The quantitative estimate of drug-likeness (QED) is 0.903. The summed E-state index contributed by atoms with van der Waals surface area (Å²) in [7, 11) is 0. The van der Waals surface area contributed by atoms with Gasteiger partial charge in [0.1, 0.15) is 0 Å². The maximum absolute atomic E-state index is 12.1. The molecule has 0 spiro atoms. The first-order chi connectivity index (χ1) is 10.2. The molecule has 1 saturated carbocycles. The Morgan fingerprint density at radius 1 is 1.33 bits per heavy atom. The third kappa shape index (κ3) is 3.31. The Bertz CT molecular complexity index is 609. The summed E-state index contributed by atoms with van der Waals surface area (Å²) >= 11 is 0. The molecule has 21 heavy (non-hydrogen) atoms. The van der Waals surface area contributed by atoms with Crippen molar-refractivity contribution in [2.24, 2.45) is 5.92 Å². The number of nitrogens with zero attached hydrogens (tertiary/aromatic N) is 2. The van der Waals surface area contributed by atoms with E-state index in [2.05, 4.69) is 10.4 Å². The first-order valence-electron chi connectivity index (χ1n) is 7.28. The summed E-state index contributed by atoms with van der Waals surface area (Å²) in [6.07, 6.45) is 5.32. The highest BCUT2D eigenvalue weighted by atomic mass is 16.3. The first kappa shape index (κ1) is 13.8. The molecule has 1 aromatic heterocycles. The van der Waals surface area contributed by atoms with Gasteiger partial charge in [0.05, 0.1) is 30.5 Å². The average Bonchev–Trinajstić information content (AvgIpc) is 3.09. The Labute approximate surface area is 123 Å². The van der Waals surface area contributed by atoms with E-state index >= 15 is 0 Å². The molecule has 5 heteroatoms. The zero-order chi connectivity index (χ0) is 14.7. The topological polar surface area (TPSA) is 67.2 Å². The maximum atomic E-state index is 12.1. The van der Waals surface area contributed by atoms with Crippen LogP contribution in [0.3, 0.4) is 0 Å². The molecule has 2 N–H and O–H groups in total. The standard InChI is InChI=1S/C16H19N3O2/c20-15-8-4-7-14(15)16(21)18-13-9-17-19(11-13)10-12-5-2-1-3-6-12/h1-3,5-6,9,11,14-15,20H,4,7-8,10H2,(H,18,21). The summed E-state index contributed by atoms with van der Waals surface area (Å²) in [6, 6.07) is 10.0. The summed E-state index contributed by atoms with van der Waals surface area (Å²) in [5.74, 6) is -0.401. The minimum absolute atomic E-state index is 0.112. The summed E-state index contributed by atoms with van der Waals surface area (Å²) in [5.41, 5.74) is 1.83. The van der Waals surface area contributed by atoms with Crippen LogP contribution in [0, 0.1) is 5.92 Å². The lowest BCUT2D eigenvalue weighted by molar-refractivity contribution is -0.122. The molecule has 110 valence electrons. The van der Waals surface area contributed by atoms with E-state index in [4.69, 9.17) is 0 Å². The van der Waals surface area contributed by atoms with Crippen LogP contribution in [-0.2, 0) is 11.3 Å². The van der Waals surface area contributed by atoms with Crippen molar-refractivity contribution in [2.75, 3.05) is 5.32 Å². The number of aromatic nitrogens is 2. The molecule has 1 heterocycles. The van der Waals surface area contributed by atoms with E-state index in [0.717, 1.165) is 18.4 Å². The second kappa shape index (κ2) is 6.10. The second-order valence-corrected chi connectivity index (χ2v) is 5.51. The van der Waals surface area contributed by atoms with Crippen LogP contribution < -0.4 is 5.32 Å². The Kier molecular flexibility index (Phi) is 4.01. The van der Waals surface area contributed by atoms with Crippen LogP contribution in [0.4, 0.5) is 5.69 Å². The predicted octanol–water partition coefficient (Wildman–Crippen LogP) is 2.03. The molecule has 0 bridgehead atoms. The number of aliphatic hydroxyl groups is 1. The van der Waals surface area contributed by atoms with Gasteiger partial charge in [0.2, 0.25) is 5.91 Å². The molecular weight excluding hydrogens is 266 g/mol. The van der Waals surface area contributed by atoms with Crippen molar-refractivity contribution in [3.05, 3.63) is 48.3 Å². The van der Waals surface area contributed by atoms with E-state index in [1.54, 1.807) is 10.9 Å². The number of amides is 1. The summed E-state index contributed by atoms with van der Waals surface area (Å²) in [6.45, 7) is 0.669. The normalized spacial score (nSPS) is 21.4. The third-order valence-corrected chi connectivity index (χ3v) is 3.90. The number of hydrogen-bond acceptors (Lipinski definition) is 3. The van der Waals surface area contributed by atoms with Gasteiger partial charge in [-0.1, -0.05) is 30.3 Å². The number of rotatable bonds is 4. The molecule has 1 fully saturated rings. The number of nitrogens with one attached hydrogen (secondary N) is 1. The fourth-order valence-electron chi connectivity index (χ4n) is 2.77. The van der Waals surface area contributed by atoms with Crippen LogP contribution >= 0.6 is 0 Å². The van der Waals surface area contributed by atoms with Crippen molar-refractivity contribution in [1.29, 1.82) is 0 Å². The monoisotopic (exact) mass is 285 g/mol. The highest BCUT2D eigenvalue weighted by Crippen LogP contribution is 2.26. The molecule has 0 saturated heterocycles. The molecule has 2 unspecified atom stereocenters. The van der Waals surface area contributed by atoms with Crippen LogP contribution in [-0.4, -0.2) is 26.9 Å². The minimum atomic E-state index is -0.510. The number of benzene rings is 1. The van der Waals surface area contributed by atoms with Crippen molar-refractivity contribution < 1.29 is 9.90 Å². The Morgan fingerprint density at radius 2 is 2.14 bits per heavy atom. The van der Waals surface area contributed by atoms with Gasteiger partial charge in [-0.3, -0.25) is 9.48 Å². The van der Waals surface area contributed by atoms with Gasteiger partial charge in [-0.2, -0.15) is 5.10 Å². The molecule has 5 nitrogen and oxygen atoms in total. The summed E-state index contributed by atoms with van der Waals surface area (Å²) in [5, 5.41) is 16.8. The zero-order valence-electron chi connectivity index (χ0n) is 11.8. The Balaban J connectivity index is 1.61. The number of carbonyl (C=O) groups is 1. The maximum Gasteiger partial charge on any atom is 0.230 e. The SMILES string of the molecule is O=C(Nc1cnn(Cc2ccccc2)c1)C1CCCC1O. The highest BCUT2D eigenvalue weighted by Gasteiger charge is 2.31. The van der Waals surface area contributed by atoms with Gasteiger partial charge >= 0.3 is 0 Å². The lowest BCUT2D eigenvalue weighted by atomic mass is 10.1. The van der Waals surface area contributed by atoms with Crippen molar-refractivity contribution in [2.45, 2.75) is 31.9 Å². The van der Waals surface area contributed by atoms with Crippen molar-refractivity contribution >= 4 is 11.6 Å². The van der Waals surface area contributed by atoms with Gasteiger partial charge in [0.15, 0.2) is 0 Å². The van der Waals surface area contributed by atoms with Crippen LogP contribution in [0.15, 0.2) is 42.7 Å². The first-order valence-corrected chi connectivity index (χ1v) is 7.28. The van der Waals surface area contributed by atoms with E-state index in [0.29, 0.717) is 18.7 Å². The van der Waals surface area contributed by atoms with Crippen LogP contribution in [0.2, 0.25) is 0 Å². The van der Waals surface area contributed by atoms with E-state index in [1.807, 2.05) is 36.5 Å². The van der Waals surface area contributed by atoms with Crippen LogP contribution in [0.1, 0.15) is 24.8 Å². The lowest BCUT2D eigenvalue weighted by Crippen LogP contribution is -2.28. The van der Waals surface area contributed by atoms with Gasteiger partial charge in [-0.25, -0.2) is 0 Å². The molecule has 3 rings (SSSR count). The fraction of sp³-hybridized carbons (Fsp3) is 0.375. The van der Waals surface area contributed by atoms with E-state index in [-0.39, 0.29) is 11.8 Å². The average molecular weight is 285 g/mol. The van der Waals surface area contributed by atoms with E-state index in [9.17, 15) is 9.90 Å². The molecule has 1 aliphatic rings. The van der Waals surface area contributed by atoms with Gasteiger partial charge in [-0.15, -0.1) is 0 Å². The van der Waals surface area contributed by atoms with Gasteiger partial charge in [0.25, 0.3) is 0 Å². The summed E-state index contributed by atoms with van der Waals surface area (Å²) < 4.78 is 1.79. The molecule has 2 aromatic rings. The third-order valence-electron chi connectivity index (χ3n) is 3.90. The highest BCUT2D eigenvalue weighted by molar-refractivity contribution is 5.92. The summed E-state index contributed by atoms with van der Waals surface area (Å²) in [4.78, 5) is 12.1. The van der Waals surface area contributed by atoms with Crippen molar-refractivity contribution in [3.63, 3.8) is 0 Å². The van der Waals surface area contributed by atoms with Gasteiger partial charge in [-0.05, 0) is 24.8 Å². The molecule has 2 atom stereocenters. The number of carbonyl (C=O) groups excluding carboxylic acids is 1. The molecule has 1 aromatic carbocycles. The Hall–Kier alpha value is -2.14. The largest absolute Gasteiger partial charge is 0.392 e. The number of hydrogen-bond donors (Lipinski definition) is 2. The predicted molar refractivity (Wildman–Crippen MR) is 79.7 cm³/mol. The van der Waals surface area contributed by atoms with E-state index in [1.165, 1.54) is 0 Å². The van der Waals surface area contributed by atoms with E-state index < -0.39 is 6.10 Å². The minimum Gasteiger partial charge on any atom is -0.392 e.